The second-order valence-electron chi connectivity index (χ2n) is 5.57. The molecule has 2 heteroatoms. The van der Waals surface area contributed by atoms with Crippen molar-refractivity contribution in [3.05, 3.63) is 35.9 Å². The molecule has 1 saturated heterocycles. The van der Waals surface area contributed by atoms with Crippen LogP contribution in [-0.2, 0) is 0 Å². The second kappa shape index (κ2) is 5.65. The fraction of sp³-hybridized carbons (Fsp3) is 0.600. The number of nitrogens with one attached hydrogen (secondary N) is 1. The number of rotatable bonds is 3. The zero-order valence-corrected chi connectivity index (χ0v) is 11.2. The van der Waals surface area contributed by atoms with Gasteiger partial charge < -0.3 is 5.32 Å². The lowest BCUT2D eigenvalue weighted by molar-refractivity contribution is 0.126. The Balaban J connectivity index is 2.02. The minimum atomic E-state index is 0.492. The largest absolute Gasteiger partial charge is 0.307 e. The number of piperazine rings is 1. The zero-order valence-electron chi connectivity index (χ0n) is 11.2. The first kappa shape index (κ1) is 12.6. The molecule has 1 aliphatic rings. The van der Waals surface area contributed by atoms with E-state index < -0.39 is 0 Å². The molecular weight excluding hydrogens is 208 g/mol. The van der Waals surface area contributed by atoms with Crippen molar-refractivity contribution in [2.24, 2.45) is 5.92 Å². The summed E-state index contributed by atoms with van der Waals surface area (Å²) in [5.74, 6) is 0.743. The minimum absolute atomic E-state index is 0.492. The monoisotopic (exact) mass is 232 g/mol. The average molecular weight is 232 g/mol. The molecule has 0 aromatic heterocycles. The van der Waals surface area contributed by atoms with E-state index in [1.165, 1.54) is 12.1 Å². The fourth-order valence-electron chi connectivity index (χ4n) is 2.55. The highest BCUT2D eigenvalue weighted by molar-refractivity contribution is 5.20. The summed E-state index contributed by atoms with van der Waals surface area (Å²) in [7, 11) is 0. The lowest BCUT2D eigenvalue weighted by atomic mass is 10.0. The molecule has 17 heavy (non-hydrogen) atoms. The van der Waals surface area contributed by atoms with Crippen molar-refractivity contribution in [2.75, 3.05) is 19.6 Å². The first-order chi connectivity index (χ1) is 8.16. The highest BCUT2D eigenvalue weighted by Gasteiger charge is 2.25. The average Bonchev–Trinajstić information content (AvgIpc) is 2.32. The van der Waals surface area contributed by atoms with Crippen LogP contribution in [0.4, 0.5) is 0 Å². The summed E-state index contributed by atoms with van der Waals surface area (Å²) in [6, 6.07) is 11.9. The lowest BCUT2D eigenvalue weighted by Crippen LogP contribution is -2.52. The summed E-state index contributed by atoms with van der Waals surface area (Å²) in [5.41, 5.74) is 1.41. The highest BCUT2D eigenvalue weighted by atomic mass is 15.2. The summed E-state index contributed by atoms with van der Waals surface area (Å²) in [6.07, 6.45) is 0. The molecule has 1 aromatic carbocycles. The van der Waals surface area contributed by atoms with Crippen LogP contribution in [0.25, 0.3) is 0 Å². The van der Waals surface area contributed by atoms with Gasteiger partial charge in [-0.3, -0.25) is 4.90 Å². The van der Waals surface area contributed by atoms with Crippen LogP contribution in [-0.4, -0.2) is 30.6 Å². The Morgan fingerprint density at radius 1 is 1.29 bits per heavy atom. The van der Waals surface area contributed by atoms with Gasteiger partial charge in [0.2, 0.25) is 0 Å². The van der Waals surface area contributed by atoms with Crippen LogP contribution >= 0.6 is 0 Å². The van der Waals surface area contributed by atoms with Gasteiger partial charge in [0.05, 0.1) is 0 Å². The Bertz CT molecular complexity index is 334. The van der Waals surface area contributed by atoms with E-state index in [9.17, 15) is 0 Å². The van der Waals surface area contributed by atoms with Crippen LogP contribution in [0, 0.1) is 5.92 Å². The van der Waals surface area contributed by atoms with Crippen LogP contribution < -0.4 is 5.32 Å². The predicted octanol–water partition coefficient (Wildman–Crippen LogP) is 2.68. The van der Waals surface area contributed by atoms with E-state index in [-0.39, 0.29) is 0 Å². The summed E-state index contributed by atoms with van der Waals surface area (Å²) < 4.78 is 0. The van der Waals surface area contributed by atoms with E-state index in [1.807, 2.05) is 0 Å². The normalized spacial score (nSPS) is 26.4. The molecule has 0 amide bonds. The molecule has 2 atom stereocenters. The van der Waals surface area contributed by atoms with Gasteiger partial charge in [-0.2, -0.15) is 0 Å². The van der Waals surface area contributed by atoms with E-state index in [4.69, 9.17) is 0 Å². The Labute approximate surface area is 105 Å². The number of hydrogen-bond donors (Lipinski definition) is 1. The van der Waals surface area contributed by atoms with E-state index in [0.29, 0.717) is 12.1 Å². The topological polar surface area (TPSA) is 15.3 Å². The molecule has 2 rings (SSSR count). The van der Waals surface area contributed by atoms with Crippen molar-refractivity contribution < 1.29 is 0 Å². The molecule has 0 saturated carbocycles. The molecule has 1 aromatic rings. The van der Waals surface area contributed by atoms with E-state index in [1.54, 1.807) is 0 Å². The molecule has 1 aliphatic heterocycles. The van der Waals surface area contributed by atoms with Gasteiger partial charge in [-0.05, 0) is 18.4 Å². The highest BCUT2D eigenvalue weighted by Crippen LogP contribution is 2.20. The summed E-state index contributed by atoms with van der Waals surface area (Å²) in [6.45, 7) is 10.3. The standard InChI is InChI=1S/C15H24N2/c1-12(2)10-17-11-15(16-9-13(17)3)14-7-5-4-6-8-14/h4-8,12-13,15-16H,9-11H2,1-3H3. The smallest absolute Gasteiger partial charge is 0.0449 e. The molecular formula is C15H24N2. The third-order valence-corrected chi connectivity index (χ3v) is 3.50. The predicted molar refractivity (Wildman–Crippen MR) is 73.1 cm³/mol. The van der Waals surface area contributed by atoms with Gasteiger partial charge in [-0.25, -0.2) is 0 Å². The Morgan fingerprint density at radius 2 is 2.00 bits per heavy atom. The van der Waals surface area contributed by atoms with Crippen molar-refractivity contribution in [2.45, 2.75) is 32.9 Å². The van der Waals surface area contributed by atoms with Crippen LogP contribution in [0.1, 0.15) is 32.4 Å². The van der Waals surface area contributed by atoms with E-state index >= 15 is 0 Å². The van der Waals surface area contributed by atoms with Gasteiger partial charge in [-0.1, -0.05) is 44.2 Å². The molecule has 0 spiro atoms. The van der Waals surface area contributed by atoms with Gasteiger partial charge in [-0.15, -0.1) is 0 Å². The van der Waals surface area contributed by atoms with Crippen molar-refractivity contribution in [3.63, 3.8) is 0 Å². The van der Waals surface area contributed by atoms with E-state index in [0.717, 1.165) is 19.0 Å². The summed E-state index contributed by atoms with van der Waals surface area (Å²) in [5, 5.41) is 3.65. The van der Waals surface area contributed by atoms with Crippen LogP contribution in [0.15, 0.2) is 30.3 Å². The molecule has 1 heterocycles. The van der Waals surface area contributed by atoms with Crippen molar-refractivity contribution in [3.8, 4) is 0 Å². The maximum atomic E-state index is 3.65. The quantitative estimate of drug-likeness (QED) is 0.862. The van der Waals surface area contributed by atoms with Gasteiger partial charge in [0.25, 0.3) is 0 Å². The summed E-state index contributed by atoms with van der Waals surface area (Å²) in [4.78, 5) is 2.61. The first-order valence-electron chi connectivity index (χ1n) is 6.69. The number of benzene rings is 1. The SMILES string of the molecule is CC(C)CN1CC(c2ccccc2)NCC1C. The Hall–Kier alpha value is -0.860. The second-order valence-corrected chi connectivity index (χ2v) is 5.57. The van der Waals surface area contributed by atoms with Gasteiger partial charge >= 0.3 is 0 Å². The number of nitrogens with zero attached hydrogens (tertiary/aromatic N) is 1. The molecule has 94 valence electrons. The molecule has 0 radical (unpaired) electrons. The van der Waals surface area contributed by atoms with Gasteiger partial charge in [0.15, 0.2) is 0 Å². The third-order valence-electron chi connectivity index (χ3n) is 3.50. The first-order valence-corrected chi connectivity index (χ1v) is 6.69. The maximum absolute atomic E-state index is 3.65. The van der Waals surface area contributed by atoms with Gasteiger partial charge in [0.1, 0.15) is 0 Å². The Morgan fingerprint density at radius 3 is 2.65 bits per heavy atom. The van der Waals surface area contributed by atoms with Crippen LogP contribution in [0.5, 0.6) is 0 Å². The fourth-order valence-corrected chi connectivity index (χ4v) is 2.55. The maximum Gasteiger partial charge on any atom is 0.0449 e. The number of hydrogen-bond acceptors (Lipinski definition) is 2. The van der Waals surface area contributed by atoms with E-state index in [2.05, 4.69) is 61.3 Å². The molecule has 0 bridgehead atoms. The molecule has 0 aliphatic carbocycles. The van der Waals surface area contributed by atoms with Crippen molar-refractivity contribution in [1.29, 1.82) is 0 Å². The minimum Gasteiger partial charge on any atom is -0.307 e. The zero-order chi connectivity index (χ0) is 12.3. The molecule has 1 N–H and O–H groups in total. The van der Waals surface area contributed by atoms with Crippen molar-refractivity contribution in [1.82, 2.24) is 10.2 Å². The molecule has 2 nitrogen and oxygen atoms in total. The molecule has 2 unspecified atom stereocenters. The molecule has 1 fully saturated rings. The Kier molecular flexibility index (Phi) is 4.19. The lowest BCUT2D eigenvalue weighted by Gasteiger charge is -2.39. The van der Waals surface area contributed by atoms with Gasteiger partial charge in [0, 0.05) is 31.7 Å². The van der Waals surface area contributed by atoms with Crippen LogP contribution in [0.2, 0.25) is 0 Å². The van der Waals surface area contributed by atoms with Crippen LogP contribution in [0.3, 0.4) is 0 Å². The third kappa shape index (κ3) is 3.30. The summed E-state index contributed by atoms with van der Waals surface area (Å²) >= 11 is 0. The van der Waals surface area contributed by atoms with Crippen molar-refractivity contribution >= 4 is 0 Å².